The molecule has 0 saturated carbocycles. The summed E-state index contributed by atoms with van der Waals surface area (Å²) in [6, 6.07) is 0. The van der Waals surface area contributed by atoms with Crippen molar-refractivity contribution in [2.75, 3.05) is 13.2 Å². The van der Waals surface area contributed by atoms with Crippen molar-refractivity contribution < 1.29 is 28.6 Å². The third-order valence-electron chi connectivity index (χ3n) is 13.8. The van der Waals surface area contributed by atoms with Crippen LogP contribution in [0.5, 0.6) is 0 Å². The average molecular weight is 934 g/mol. The Morgan fingerprint density at radius 3 is 0.742 bits per heavy atom. The standard InChI is InChI=1S/C60H116O6/c1-5-7-9-11-13-15-17-18-19-20-21-25-28-32-36-40-44-48-52-59(62)65-55-57(54-64-58(61)51-47-43-39-35-30-16-14-12-10-8-6-2)66-60(63)53-49-45-41-37-33-29-26-23-22-24-27-31-34-38-42-46-50-56(3)4/h56-57H,5-55H2,1-4H3/t57-/m1/s1. The van der Waals surface area contributed by atoms with Gasteiger partial charge in [0.25, 0.3) is 0 Å². The molecular weight excluding hydrogens is 817 g/mol. The summed E-state index contributed by atoms with van der Waals surface area (Å²) >= 11 is 0. The second-order valence-corrected chi connectivity index (χ2v) is 21.1. The average Bonchev–Trinajstić information content (AvgIpc) is 3.30. The van der Waals surface area contributed by atoms with E-state index in [4.69, 9.17) is 14.2 Å². The van der Waals surface area contributed by atoms with Crippen LogP contribution in [0.25, 0.3) is 0 Å². The molecule has 0 saturated heterocycles. The first-order valence-corrected chi connectivity index (χ1v) is 29.9. The summed E-state index contributed by atoms with van der Waals surface area (Å²) in [4.78, 5) is 38.1. The Hall–Kier alpha value is -1.59. The van der Waals surface area contributed by atoms with Crippen LogP contribution in [-0.2, 0) is 28.6 Å². The lowest BCUT2D eigenvalue weighted by Gasteiger charge is -2.18. The first-order chi connectivity index (χ1) is 32.4. The Labute approximate surface area is 412 Å². The zero-order chi connectivity index (χ0) is 48.1. The lowest BCUT2D eigenvalue weighted by atomic mass is 10.0. The molecule has 1 atom stereocenters. The number of unbranched alkanes of at least 4 members (excludes halogenated alkanes) is 42. The van der Waals surface area contributed by atoms with Crippen LogP contribution in [0.15, 0.2) is 0 Å². The fourth-order valence-corrected chi connectivity index (χ4v) is 9.28. The zero-order valence-electron chi connectivity index (χ0n) is 45.2. The fourth-order valence-electron chi connectivity index (χ4n) is 9.28. The Morgan fingerprint density at radius 2 is 0.500 bits per heavy atom. The van der Waals surface area contributed by atoms with Gasteiger partial charge in [0.1, 0.15) is 13.2 Å². The second kappa shape index (κ2) is 54.4. The molecule has 0 aliphatic rings. The minimum absolute atomic E-state index is 0.0616. The lowest BCUT2D eigenvalue weighted by molar-refractivity contribution is -0.167. The van der Waals surface area contributed by atoms with Gasteiger partial charge in [-0.15, -0.1) is 0 Å². The highest BCUT2D eigenvalue weighted by molar-refractivity contribution is 5.71. The van der Waals surface area contributed by atoms with Crippen LogP contribution in [0.1, 0.15) is 342 Å². The number of esters is 3. The summed E-state index contributed by atoms with van der Waals surface area (Å²) in [6.07, 6.45) is 59.5. The summed E-state index contributed by atoms with van der Waals surface area (Å²) in [6.45, 7) is 9.07. The van der Waals surface area contributed by atoms with Gasteiger partial charge in [-0.05, 0) is 25.2 Å². The molecule has 0 aromatic carbocycles. The van der Waals surface area contributed by atoms with Gasteiger partial charge >= 0.3 is 17.9 Å². The van der Waals surface area contributed by atoms with Crippen LogP contribution in [-0.4, -0.2) is 37.2 Å². The third-order valence-corrected chi connectivity index (χ3v) is 13.8. The second-order valence-electron chi connectivity index (χ2n) is 21.1. The number of rotatable bonds is 55. The summed E-state index contributed by atoms with van der Waals surface area (Å²) in [5.41, 5.74) is 0. The molecule has 6 heteroatoms. The van der Waals surface area contributed by atoms with Gasteiger partial charge in [0.2, 0.25) is 0 Å². The Kier molecular flexibility index (Phi) is 53.0. The van der Waals surface area contributed by atoms with E-state index in [2.05, 4.69) is 27.7 Å². The summed E-state index contributed by atoms with van der Waals surface area (Å²) in [7, 11) is 0. The van der Waals surface area contributed by atoms with Crippen LogP contribution in [0.2, 0.25) is 0 Å². The van der Waals surface area contributed by atoms with Gasteiger partial charge < -0.3 is 14.2 Å². The van der Waals surface area contributed by atoms with Crippen molar-refractivity contribution in [1.82, 2.24) is 0 Å². The minimum Gasteiger partial charge on any atom is -0.462 e. The Bertz CT molecular complexity index is 996. The number of ether oxygens (including phenoxy) is 3. The molecule has 0 heterocycles. The van der Waals surface area contributed by atoms with Crippen molar-refractivity contribution in [3.8, 4) is 0 Å². The maximum atomic E-state index is 12.9. The topological polar surface area (TPSA) is 78.9 Å². The number of hydrogen-bond donors (Lipinski definition) is 0. The first-order valence-electron chi connectivity index (χ1n) is 29.9. The Morgan fingerprint density at radius 1 is 0.288 bits per heavy atom. The molecule has 66 heavy (non-hydrogen) atoms. The predicted molar refractivity (Wildman–Crippen MR) is 284 cm³/mol. The summed E-state index contributed by atoms with van der Waals surface area (Å²) < 4.78 is 16.9. The highest BCUT2D eigenvalue weighted by Gasteiger charge is 2.19. The highest BCUT2D eigenvalue weighted by Crippen LogP contribution is 2.18. The van der Waals surface area contributed by atoms with Crippen molar-refractivity contribution in [3.63, 3.8) is 0 Å². The molecule has 0 aromatic heterocycles. The van der Waals surface area contributed by atoms with E-state index in [-0.39, 0.29) is 31.1 Å². The molecule has 0 aliphatic heterocycles. The molecule has 6 nitrogen and oxygen atoms in total. The van der Waals surface area contributed by atoms with Crippen molar-refractivity contribution in [1.29, 1.82) is 0 Å². The van der Waals surface area contributed by atoms with Gasteiger partial charge in [0, 0.05) is 19.3 Å². The highest BCUT2D eigenvalue weighted by atomic mass is 16.6. The van der Waals surface area contributed by atoms with Gasteiger partial charge in [-0.3, -0.25) is 14.4 Å². The van der Waals surface area contributed by atoms with Crippen LogP contribution in [0.3, 0.4) is 0 Å². The van der Waals surface area contributed by atoms with E-state index in [0.29, 0.717) is 19.3 Å². The SMILES string of the molecule is CCCCCCCCCCCCCCCCCCCCC(=O)OC[C@@H](COC(=O)CCCCCCCCCCCCC)OC(=O)CCCCCCCCCCCCCCCCCCC(C)C. The number of hydrogen-bond acceptors (Lipinski definition) is 6. The van der Waals surface area contributed by atoms with Crippen molar-refractivity contribution in [2.45, 2.75) is 348 Å². The van der Waals surface area contributed by atoms with Gasteiger partial charge in [0.15, 0.2) is 6.10 Å². The lowest BCUT2D eigenvalue weighted by Crippen LogP contribution is -2.30. The van der Waals surface area contributed by atoms with Gasteiger partial charge in [-0.25, -0.2) is 0 Å². The van der Waals surface area contributed by atoms with E-state index in [9.17, 15) is 14.4 Å². The van der Waals surface area contributed by atoms with E-state index in [0.717, 1.165) is 63.7 Å². The van der Waals surface area contributed by atoms with Crippen LogP contribution in [0, 0.1) is 5.92 Å². The van der Waals surface area contributed by atoms with E-state index >= 15 is 0 Å². The molecule has 0 spiro atoms. The maximum absolute atomic E-state index is 12.9. The monoisotopic (exact) mass is 933 g/mol. The molecule has 0 aliphatic carbocycles. The molecule has 0 bridgehead atoms. The molecular formula is C60H116O6. The van der Waals surface area contributed by atoms with Crippen LogP contribution < -0.4 is 0 Å². The number of carbonyl (C=O) groups excluding carboxylic acids is 3. The molecule has 0 fully saturated rings. The molecule has 0 rings (SSSR count). The predicted octanol–water partition coefficient (Wildman–Crippen LogP) is 19.8. The van der Waals surface area contributed by atoms with Crippen molar-refractivity contribution in [3.05, 3.63) is 0 Å². The third kappa shape index (κ3) is 53.4. The maximum Gasteiger partial charge on any atom is 0.306 e. The minimum atomic E-state index is -0.761. The van der Waals surface area contributed by atoms with Crippen molar-refractivity contribution >= 4 is 17.9 Å². The van der Waals surface area contributed by atoms with E-state index in [1.165, 1.54) is 238 Å². The quantitative estimate of drug-likeness (QED) is 0.0343. The van der Waals surface area contributed by atoms with E-state index in [1.807, 2.05) is 0 Å². The summed E-state index contributed by atoms with van der Waals surface area (Å²) in [5.74, 6) is 0.0180. The van der Waals surface area contributed by atoms with Crippen LogP contribution >= 0.6 is 0 Å². The molecule has 0 unspecified atom stereocenters. The van der Waals surface area contributed by atoms with E-state index in [1.54, 1.807) is 0 Å². The summed E-state index contributed by atoms with van der Waals surface area (Å²) in [5, 5.41) is 0. The molecule has 0 N–H and O–H groups in total. The molecule has 0 amide bonds. The van der Waals surface area contributed by atoms with Crippen LogP contribution in [0.4, 0.5) is 0 Å². The molecule has 392 valence electrons. The van der Waals surface area contributed by atoms with E-state index < -0.39 is 6.10 Å². The zero-order valence-corrected chi connectivity index (χ0v) is 45.2. The fraction of sp³-hybridized carbons (Fsp3) is 0.950. The van der Waals surface area contributed by atoms with Gasteiger partial charge in [-0.2, -0.15) is 0 Å². The van der Waals surface area contributed by atoms with Gasteiger partial charge in [-0.1, -0.05) is 304 Å². The van der Waals surface area contributed by atoms with Crippen molar-refractivity contribution in [2.24, 2.45) is 5.92 Å². The normalized spacial score (nSPS) is 12.0. The largest absolute Gasteiger partial charge is 0.462 e. The smallest absolute Gasteiger partial charge is 0.306 e. The molecule has 0 radical (unpaired) electrons. The number of carbonyl (C=O) groups is 3. The molecule has 0 aromatic rings. The Balaban J connectivity index is 4.24. The first kappa shape index (κ1) is 64.4. The van der Waals surface area contributed by atoms with Gasteiger partial charge in [0.05, 0.1) is 0 Å².